The van der Waals surface area contributed by atoms with Gasteiger partial charge in [-0.05, 0) is 87.9 Å². The Morgan fingerprint density at radius 1 is 1.00 bits per heavy atom. The highest BCUT2D eigenvalue weighted by Gasteiger charge is 2.54. The second-order valence-electron chi connectivity index (χ2n) is 8.31. The SMILES string of the molecule is C=C(Br)/C=C1\C(=C)C2=C(C=C(Br)CC2)C12c1cc(C)ccc1-c1ccc(C)cc12. The van der Waals surface area contributed by atoms with Gasteiger partial charge in [0.25, 0.3) is 0 Å². The molecular weight excluding hydrogens is 484 g/mol. The fraction of sp³-hybridized carbons (Fsp3) is 0.185. The fourth-order valence-corrected chi connectivity index (χ4v) is 6.02. The average Bonchev–Trinajstić information content (AvgIpc) is 3.07. The molecule has 0 nitrogen and oxygen atoms in total. The van der Waals surface area contributed by atoms with Gasteiger partial charge in [0.05, 0.1) is 5.41 Å². The standard InChI is InChI=1S/C27H22Br2/c1-15-5-8-21-22-9-6-16(2)12-25(22)27(24(21)11-15)23(13-17(3)28)18(4)20-10-7-19(29)14-26(20)27/h5-6,8-9,11-14H,3-4,7,10H2,1-2H3/b23-13+. The Hall–Kier alpha value is -1.90. The smallest absolute Gasteiger partial charge is 0.0722 e. The molecule has 0 N–H and O–H groups in total. The second kappa shape index (κ2) is 6.55. The lowest BCUT2D eigenvalue weighted by Crippen LogP contribution is -2.27. The van der Waals surface area contributed by atoms with Gasteiger partial charge in [-0.3, -0.25) is 0 Å². The molecule has 5 rings (SSSR count). The fourth-order valence-electron chi connectivity index (χ4n) is 5.36. The molecule has 0 saturated heterocycles. The zero-order chi connectivity index (χ0) is 20.5. The summed E-state index contributed by atoms with van der Waals surface area (Å²) < 4.78 is 2.14. The lowest BCUT2D eigenvalue weighted by molar-refractivity contribution is 0.772. The number of rotatable bonds is 1. The number of hydrogen-bond acceptors (Lipinski definition) is 0. The van der Waals surface area contributed by atoms with E-state index in [4.69, 9.17) is 0 Å². The van der Waals surface area contributed by atoms with Crippen LogP contribution in [-0.4, -0.2) is 0 Å². The van der Waals surface area contributed by atoms with Crippen LogP contribution in [0.5, 0.6) is 0 Å². The quantitative estimate of drug-likeness (QED) is 0.365. The highest BCUT2D eigenvalue weighted by molar-refractivity contribution is 9.12. The summed E-state index contributed by atoms with van der Waals surface area (Å²) in [6, 6.07) is 13.8. The molecule has 0 bridgehead atoms. The van der Waals surface area contributed by atoms with Crippen molar-refractivity contribution in [3.05, 3.63) is 115 Å². The Morgan fingerprint density at radius 3 is 2.14 bits per heavy atom. The van der Waals surface area contributed by atoms with Gasteiger partial charge in [-0.15, -0.1) is 0 Å². The van der Waals surface area contributed by atoms with E-state index in [0.29, 0.717) is 0 Å². The first-order valence-corrected chi connectivity index (χ1v) is 11.5. The first kappa shape index (κ1) is 19.1. The third kappa shape index (κ3) is 2.55. The molecule has 144 valence electrons. The van der Waals surface area contributed by atoms with Crippen LogP contribution in [-0.2, 0) is 5.41 Å². The van der Waals surface area contributed by atoms with E-state index in [1.165, 1.54) is 54.6 Å². The molecule has 29 heavy (non-hydrogen) atoms. The Bertz CT molecular complexity index is 1170. The van der Waals surface area contributed by atoms with Gasteiger partial charge in [-0.1, -0.05) is 92.5 Å². The lowest BCUT2D eigenvalue weighted by Gasteiger charge is -2.33. The van der Waals surface area contributed by atoms with E-state index in [2.05, 4.69) is 107 Å². The van der Waals surface area contributed by atoms with Gasteiger partial charge in [-0.2, -0.15) is 0 Å². The number of aryl methyl sites for hydroxylation is 2. The molecule has 2 aromatic carbocycles. The summed E-state index contributed by atoms with van der Waals surface area (Å²) in [4.78, 5) is 0. The number of halogens is 2. The van der Waals surface area contributed by atoms with E-state index in [1.54, 1.807) is 0 Å². The van der Waals surface area contributed by atoms with Crippen LogP contribution in [0.2, 0.25) is 0 Å². The first-order valence-electron chi connectivity index (χ1n) is 9.92. The van der Waals surface area contributed by atoms with Crippen LogP contribution in [0, 0.1) is 13.8 Å². The van der Waals surface area contributed by atoms with Crippen molar-refractivity contribution in [2.45, 2.75) is 32.1 Å². The van der Waals surface area contributed by atoms with Gasteiger partial charge in [0.2, 0.25) is 0 Å². The molecule has 0 heterocycles. The Kier molecular flexibility index (Phi) is 4.31. The summed E-state index contributed by atoms with van der Waals surface area (Å²) in [5.41, 5.74) is 12.8. The Labute approximate surface area is 189 Å². The summed E-state index contributed by atoms with van der Waals surface area (Å²) in [6.07, 6.45) is 6.58. The van der Waals surface area contributed by atoms with Crippen molar-refractivity contribution in [2.75, 3.05) is 0 Å². The molecule has 2 heteroatoms. The van der Waals surface area contributed by atoms with Crippen molar-refractivity contribution in [3.8, 4) is 11.1 Å². The maximum Gasteiger partial charge on any atom is 0.0722 e. The van der Waals surface area contributed by atoms with Crippen LogP contribution in [0.1, 0.15) is 35.1 Å². The van der Waals surface area contributed by atoms with Gasteiger partial charge >= 0.3 is 0 Å². The topological polar surface area (TPSA) is 0 Å². The maximum absolute atomic E-state index is 4.58. The van der Waals surface area contributed by atoms with E-state index in [0.717, 1.165) is 22.9 Å². The molecule has 0 amide bonds. The van der Waals surface area contributed by atoms with Crippen LogP contribution in [0.25, 0.3) is 11.1 Å². The summed E-state index contributed by atoms with van der Waals surface area (Å²) >= 11 is 7.41. The normalized spacial score (nSPS) is 20.1. The molecule has 0 unspecified atom stereocenters. The summed E-state index contributed by atoms with van der Waals surface area (Å²) in [7, 11) is 0. The molecule has 2 aromatic rings. The zero-order valence-electron chi connectivity index (χ0n) is 16.7. The van der Waals surface area contributed by atoms with Gasteiger partial charge in [0.1, 0.15) is 0 Å². The van der Waals surface area contributed by atoms with Crippen molar-refractivity contribution < 1.29 is 0 Å². The van der Waals surface area contributed by atoms with Gasteiger partial charge in [-0.25, -0.2) is 0 Å². The van der Waals surface area contributed by atoms with Crippen LogP contribution in [0.15, 0.2) is 93.0 Å². The van der Waals surface area contributed by atoms with Gasteiger partial charge in [0, 0.05) is 4.48 Å². The predicted molar refractivity (Wildman–Crippen MR) is 131 cm³/mol. The summed E-state index contributed by atoms with van der Waals surface area (Å²) in [6.45, 7) is 13.1. The average molecular weight is 506 g/mol. The number of benzene rings is 2. The van der Waals surface area contributed by atoms with E-state index in [9.17, 15) is 0 Å². The number of fused-ring (bicyclic) bond motifs is 6. The molecule has 1 spiro atoms. The minimum atomic E-state index is -0.328. The van der Waals surface area contributed by atoms with Crippen LogP contribution in [0.3, 0.4) is 0 Å². The minimum absolute atomic E-state index is 0.328. The van der Waals surface area contributed by atoms with Crippen molar-refractivity contribution >= 4 is 31.9 Å². The van der Waals surface area contributed by atoms with Crippen LogP contribution in [0.4, 0.5) is 0 Å². The molecule has 0 fully saturated rings. The highest BCUT2D eigenvalue weighted by atomic mass is 79.9. The third-order valence-corrected chi connectivity index (χ3v) is 7.34. The molecule has 0 aromatic heterocycles. The van der Waals surface area contributed by atoms with E-state index in [-0.39, 0.29) is 5.41 Å². The van der Waals surface area contributed by atoms with E-state index < -0.39 is 0 Å². The van der Waals surface area contributed by atoms with E-state index in [1.807, 2.05) is 0 Å². The predicted octanol–water partition coefficient (Wildman–Crippen LogP) is 8.34. The number of allylic oxidation sites excluding steroid dienone is 8. The maximum atomic E-state index is 4.58. The van der Waals surface area contributed by atoms with Crippen molar-refractivity contribution in [2.24, 2.45) is 0 Å². The molecule has 3 aliphatic carbocycles. The van der Waals surface area contributed by atoms with Crippen molar-refractivity contribution in [1.29, 1.82) is 0 Å². The molecule has 3 aliphatic rings. The van der Waals surface area contributed by atoms with Crippen LogP contribution >= 0.6 is 31.9 Å². The highest BCUT2D eigenvalue weighted by Crippen LogP contribution is 2.65. The monoisotopic (exact) mass is 504 g/mol. The second-order valence-corrected chi connectivity index (χ2v) is 10.4. The molecule has 0 aliphatic heterocycles. The Balaban J connectivity index is 1.99. The molecule has 0 atom stereocenters. The van der Waals surface area contributed by atoms with Gasteiger partial charge < -0.3 is 0 Å². The van der Waals surface area contributed by atoms with E-state index >= 15 is 0 Å². The minimum Gasteiger partial charge on any atom is -0.0911 e. The summed E-state index contributed by atoms with van der Waals surface area (Å²) in [5, 5.41) is 0. The summed E-state index contributed by atoms with van der Waals surface area (Å²) in [5.74, 6) is 0. The molecular formula is C27H22Br2. The van der Waals surface area contributed by atoms with Crippen molar-refractivity contribution in [1.82, 2.24) is 0 Å². The molecule has 0 saturated carbocycles. The Morgan fingerprint density at radius 2 is 1.59 bits per heavy atom. The third-order valence-electron chi connectivity index (χ3n) is 6.49. The largest absolute Gasteiger partial charge is 0.0911 e. The zero-order valence-corrected chi connectivity index (χ0v) is 19.9. The lowest BCUT2D eigenvalue weighted by atomic mass is 9.68. The van der Waals surface area contributed by atoms with Crippen molar-refractivity contribution in [3.63, 3.8) is 0 Å². The van der Waals surface area contributed by atoms with Gasteiger partial charge in [0.15, 0.2) is 0 Å². The van der Waals surface area contributed by atoms with Crippen LogP contribution < -0.4 is 0 Å². The first-order chi connectivity index (χ1) is 13.8. The number of hydrogen-bond donors (Lipinski definition) is 0. The molecule has 0 radical (unpaired) electrons.